The molecule has 2 heteroatoms. The molecule has 0 bridgehead atoms. The van der Waals surface area contributed by atoms with Crippen molar-refractivity contribution in [2.24, 2.45) is 5.92 Å². The highest BCUT2D eigenvalue weighted by atomic mass is 16.5. The van der Waals surface area contributed by atoms with Gasteiger partial charge in [-0.3, -0.25) is 0 Å². The van der Waals surface area contributed by atoms with Crippen molar-refractivity contribution in [1.29, 1.82) is 0 Å². The summed E-state index contributed by atoms with van der Waals surface area (Å²) in [6.45, 7) is 4.59. The van der Waals surface area contributed by atoms with Crippen LogP contribution in [0.3, 0.4) is 0 Å². The van der Waals surface area contributed by atoms with E-state index in [-0.39, 0.29) is 0 Å². The van der Waals surface area contributed by atoms with Crippen LogP contribution in [0.1, 0.15) is 43.4 Å². The van der Waals surface area contributed by atoms with Gasteiger partial charge in [0, 0.05) is 5.56 Å². The van der Waals surface area contributed by atoms with Crippen LogP contribution in [-0.2, 0) is 0 Å². The molecule has 0 radical (unpaired) electrons. The topological polar surface area (TPSA) is 29.5 Å². The van der Waals surface area contributed by atoms with Gasteiger partial charge >= 0.3 is 0 Å². The molecular weight excluding hydrogens is 200 g/mol. The first kappa shape index (κ1) is 11.5. The molecule has 0 saturated heterocycles. The Labute approximate surface area is 97.3 Å². The van der Waals surface area contributed by atoms with Gasteiger partial charge in [-0.05, 0) is 37.8 Å². The van der Waals surface area contributed by atoms with Crippen molar-refractivity contribution in [1.82, 2.24) is 0 Å². The Bertz CT molecular complexity index is 354. The zero-order chi connectivity index (χ0) is 11.5. The maximum absolute atomic E-state index is 9.64. The number of rotatable bonds is 5. The van der Waals surface area contributed by atoms with Crippen molar-refractivity contribution in [3.05, 3.63) is 29.3 Å². The van der Waals surface area contributed by atoms with Crippen LogP contribution in [0, 0.1) is 12.8 Å². The minimum absolute atomic E-state index is 0.462. The lowest BCUT2D eigenvalue weighted by Crippen LogP contribution is -2.03. The van der Waals surface area contributed by atoms with Crippen LogP contribution in [0.5, 0.6) is 5.75 Å². The van der Waals surface area contributed by atoms with E-state index in [9.17, 15) is 5.11 Å². The molecule has 1 saturated carbocycles. The van der Waals surface area contributed by atoms with Gasteiger partial charge in [0.1, 0.15) is 5.75 Å². The van der Waals surface area contributed by atoms with Crippen molar-refractivity contribution in [3.63, 3.8) is 0 Å². The largest absolute Gasteiger partial charge is 0.493 e. The second-order valence-electron chi connectivity index (χ2n) is 4.80. The van der Waals surface area contributed by atoms with E-state index < -0.39 is 6.10 Å². The first-order valence-corrected chi connectivity index (χ1v) is 6.08. The van der Waals surface area contributed by atoms with E-state index in [4.69, 9.17) is 4.74 Å². The Kier molecular flexibility index (Phi) is 3.49. The molecule has 1 aliphatic rings. The molecule has 2 rings (SSSR count). The van der Waals surface area contributed by atoms with E-state index in [1.807, 2.05) is 25.1 Å². The van der Waals surface area contributed by atoms with Gasteiger partial charge in [0.25, 0.3) is 0 Å². The predicted molar refractivity (Wildman–Crippen MR) is 64.6 cm³/mol. The van der Waals surface area contributed by atoms with E-state index in [0.717, 1.165) is 30.3 Å². The number of hydrogen-bond acceptors (Lipinski definition) is 2. The summed E-state index contributed by atoms with van der Waals surface area (Å²) in [6.07, 6.45) is 3.41. The van der Waals surface area contributed by atoms with Crippen LogP contribution < -0.4 is 4.74 Å². The van der Waals surface area contributed by atoms with Gasteiger partial charge < -0.3 is 9.84 Å². The molecule has 16 heavy (non-hydrogen) atoms. The smallest absolute Gasteiger partial charge is 0.125 e. The molecule has 1 aromatic carbocycles. The zero-order valence-corrected chi connectivity index (χ0v) is 10.1. The predicted octanol–water partition coefficient (Wildman–Crippen LogP) is 3.23. The van der Waals surface area contributed by atoms with Gasteiger partial charge in [0.05, 0.1) is 12.7 Å². The summed E-state index contributed by atoms with van der Waals surface area (Å²) in [5.41, 5.74) is 2.06. The maximum Gasteiger partial charge on any atom is 0.125 e. The summed E-state index contributed by atoms with van der Waals surface area (Å²) in [7, 11) is 0. The Hall–Kier alpha value is -1.02. The van der Waals surface area contributed by atoms with Crippen LogP contribution in [0.4, 0.5) is 0 Å². The fourth-order valence-corrected chi connectivity index (χ4v) is 1.85. The summed E-state index contributed by atoms with van der Waals surface area (Å²) in [4.78, 5) is 0. The summed E-state index contributed by atoms with van der Waals surface area (Å²) in [5.74, 6) is 1.73. The Morgan fingerprint density at radius 1 is 1.44 bits per heavy atom. The van der Waals surface area contributed by atoms with Crippen LogP contribution >= 0.6 is 0 Å². The highest BCUT2D eigenvalue weighted by Gasteiger charge is 2.21. The minimum Gasteiger partial charge on any atom is -0.493 e. The van der Waals surface area contributed by atoms with E-state index in [2.05, 4.69) is 0 Å². The summed E-state index contributed by atoms with van der Waals surface area (Å²) >= 11 is 0. The maximum atomic E-state index is 9.64. The highest BCUT2D eigenvalue weighted by molar-refractivity contribution is 5.38. The van der Waals surface area contributed by atoms with Crippen molar-refractivity contribution >= 4 is 0 Å². The average Bonchev–Trinajstić information content (AvgIpc) is 3.01. The fourth-order valence-electron chi connectivity index (χ4n) is 1.85. The normalized spacial score (nSPS) is 17.2. The van der Waals surface area contributed by atoms with Gasteiger partial charge in [-0.1, -0.05) is 25.0 Å². The number of benzene rings is 1. The molecule has 0 heterocycles. The Morgan fingerprint density at radius 3 is 2.81 bits per heavy atom. The molecule has 1 fully saturated rings. The van der Waals surface area contributed by atoms with E-state index in [1.54, 1.807) is 6.92 Å². The van der Waals surface area contributed by atoms with Gasteiger partial charge in [0.15, 0.2) is 0 Å². The van der Waals surface area contributed by atoms with Crippen LogP contribution in [0.15, 0.2) is 18.2 Å². The number of aliphatic hydroxyl groups excluding tert-OH is 1. The molecule has 0 aromatic heterocycles. The van der Waals surface area contributed by atoms with E-state index >= 15 is 0 Å². The summed E-state index contributed by atoms with van der Waals surface area (Å²) in [5, 5.41) is 9.64. The van der Waals surface area contributed by atoms with Crippen molar-refractivity contribution < 1.29 is 9.84 Å². The standard InChI is InChI=1S/C14H20O2/c1-10-3-6-13(11(2)15)14(9-10)16-8-7-12-4-5-12/h3,6,9,11-12,15H,4-5,7-8H2,1-2H3/t11-/m1/s1. The van der Waals surface area contributed by atoms with Gasteiger partial charge in [-0.15, -0.1) is 0 Å². The molecule has 2 nitrogen and oxygen atoms in total. The van der Waals surface area contributed by atoms with Crippen molar-refractivity contribution in [2.75, 3.05) is 6.61 Å². The molecule has 88 valence electrons. The molecule has 0 aliphatic heterocycles. The highest BCUT2D eigenvalue weighted by Crippen LogP contribution is 2.33. The molecular formula is C14H20O2. The molecule has 1 atom stereocenters. The zero-order valence-electron chi connectivity index (χ0n) is 10.1. The molecule has 1 aliphatic carbocycles. The average molecular weight is 220 g/mol. The van der Waals surface area contributed by atoms with E-state index in [0.29, 0.717) is 0 Å². The molecule has 1 N–H and O–H groups in total. The lowest BCUT2D eigenvalue weighted by atomic mass is 10.1. The Balaban J connectivity index is 2.00. The number of aryl methyl sites for hydroxylation is 1. The lowest BCUT2D eigenvalue weighted by Gasteiger charge is -2.14. The number of aliphatic hydroxyl groups is 1. The van der Waals surface area contributed by atoms with E-state index in [1.165, 1.54) is 18.4 Å². The molecule has 0 amide bonds. The van der Waals surface area contributed by atoms with Crippen molar-refractivity contribution in [2.45, 2.75) is 39.2 Å². The van der Waals surface area contributed by atoms with Crippen LogP contribution in [0.25, 0.3) is 0 Å². The van der Waals surface area contributed by atoms with Crippen LogP contribution in [-0.4, -0.2) is 11.7 Å². The molecule has 0 unspecified atom stereocenters. The van der Waals surface area contributed by atoms with Gasteiger partial charge in [-0.2, -0.15) is 0 Å². The first-order chi connectivity index (χ1) is 7.66. The van der Waals surface area contributed by atoms with Crippen molar-refractivity contribution in [3.8, 4) is 5.75 Å². The lowest BCUT2D eigenvalue weighted by molar-refractivity contribution is 0.190. The minimum atomic E-state index is -0.462. The summed E-state index contributed by atoms with van der Waals surface area (Å²) in [6, 6.07) is 5.97. The second kappa shape index (κ2) is 4.88. The van der Waals surface area contributed by atoms with Crippen LogP contribution in [0.2, 0.25) is 0 Å². The van der Waals surface area contributed by atoms with Gasteiger partial charge in [-0.25, -0.2) is 0 Å². The van der Waals surface area contributed by atoms with Gasteiger partial charge in [0.2, 0.25) is 0 Å². The molecule has 0 spiro atoms. The number of hydrogen-bond donors (Lipinski definition) is 1. The Morgan fingerprint density at radius 2 is 2.19 bits per heavy atom. The number of ether oxygens (including phenoxy) is 1. The first-order valence-electron chi connectivity index (χ1n) is 6.08. The third-order valence-corrected chi connectivity index (χ3v) is 3.10. The second-order valence-corrected chi connectivity index (χ2v) is 4.80. The third kappa shape index (κ3) is 2.99. The molecule has 1 aromatic rings. The third-order valence-electron chi connectivity index (χ3n) is 3.10. The fraction of sp³-hybridized carbons (Fsp3) is 0.571. The summed E-state index contributed by atoms with van der Waals surface area (Å²) < 4.78 is 5.77. The quantitative estimate of drug-likeness (QED) is 0.825. The SMILES string of the molecule is Cc1ccc([C@@H](C)O)c(OCCC2CC2)c1. The monoisotopic (exact) mass is 220 g/mol.